The van der Waals surface area contributed by atoms with Crippen molar-refractivity contribution >= 4 is 20.0 Å². The Morgan fingerprint density at radius 1 is 1.04 bits per heavy atom. The average molecular weight is 363 g/mol. The van der Waals surface area contributed by atoms with E-state index in [1.165, 1.54) is 26.2 Å². The smallest absolute Gasteiger partial charge is 0.215 e. The van der Waals surface area contributed by atoms with E-state index in [1.807, 2.05) is 13.8 Å². The predicted octanol–water partition coefficient (Wildman–Crippen LogP) is 1.44. The first kappa shape index (κ1) is 20.1. The molecule has 1 aromatic rings. The van der Waals surface area contributed by atoms with E-state index in [-0.39, 0.29) is 10.6 Å². The molecule has 8 heteroatoms. The molecule has 0 aliphatic heterocycles. The van der Waals surface area contributed by atoms with Crippen molar-refractivity contribution in [1.29, 1.82) is 0 Å². The molecule has 6 nitrogen and oxygen atoms in total. The molecule has 23 heavy (non-hydrogen) atoms. The molecule has 132 valence electrons. The molecule has 0 saturated heterocycles. The van der Waals surface area contributed by atoms with Crippen molar-refractivity contribution < 1.29 is 16.8 Å². The van der Waals surface area contributed by atoms with Crippen LogP contribution in [-0.4, -0.2) is 47.5 Å². The molecule has 1 aromatic carbocycles. The summed E-state index contributed by atoms with van der Waals surface area (Å²) in [6, 6.07) is 6.31. The lowest BCUT2D eigenvalue weighted by molar-refractivity contribution is 0.520. The Morgan fingerprint density at radius 2 is 1.61 bits per heavy atom. The summed E-state index contributed by atoms with van der Waals surface area (Å²) in [7, 11) is -3.82. The highest BCUT2D eigenvalue weighted by Crippen LogP contribution is 2.14. The zero-order valence-corrected chi connectivity index (χ0v) is 15.7. The largest absolute Gasteiger partial charge is 0.242 e. The third-order valence-corrected chi connectivity index (χ3v) is 6.62. The van der Waals surface area contributed by atoms with Gasteiger partial charge in [0.2, 0.25) is 20.0 Å². The number of sulfonamides is 2. The van der Waals surface area contributed by atoms with E-state index in [1.54, 1.807) is 12.1 Å². The van der Waals surface area contributed by atoms with Gasteiger partial charge in [-0.15, -0.1) is 0 Å². The van der Waals surface area contributed by atoms with E-state index in [2.05, 4.69) is 4.72 Å². The first-order valence-corrected chi connectivity index (χ1v) is 10.6. The molecule has 1 N–H and O–H groups in total. The minimum Gasteiger partial charge on any atom is -0.215 e. The molecular formula is C15H26N2O4S2. The maximum atomic E-state index is 12.0. The van der Waals surface area contributed by atoms with Crippen molar-refractivity contribution in [3.05, 3.63) is 29.8 Å². The van der Waals surface area contributed by atoms with Crippen LogP contribution in [0, 0.1) is 5.92 Å². The van der Waals surface area contributed by atoms with Gasteiger partial charge in [-0.2, -0.15) is 0 Å². The molecule has 0 aromatic heterocycles. The second-order valence-electron chi connectivity index (χ2n) is 6.08. The van der Waals surface area contributed by atoms with Crippen molar-refractivity contribution in [1.82, 2.24) is 9.03 Å². The van der Waals surface area contributed by atoms with Gasteiger partial charge in [-0.3, -0.25) is 0 Å². The molecule has 0 unspecified atom stereocenters. The second kappa shape index (κ2) is 8.23. The molecule has 0 saturated carbocycles. The minimum atomic E-state index is -3.45. The number of aryl methyl sites for hydroxylation is 1. The summed E-state index contributed by atoms with van der Waals surface area (Å²) in [4.78, 5) is 0.198. The molecule has 0 heterocycles. The quantitative estimate of drug-likeness (QED) is 0.720. The summed E-state index contributed by atoms with van der Waals surface area (Å²) >= 11 is 0. The van der Waals surface area contributed by atoms with Crippen LogP contribution in [0.15, 0.2) is 29.2 Å². The van der Waals surface area contributed by atoms with Crippen molar-refractivity contribution in [2.45, 2.75) is 31.6 Å². The van der Waals surface area contributed by atoms with Crippen molar-refractivity contribution in [3.8, 4) is 0 Å². The second-order valence-corrected chi connectivity index (χ2v) is 10.2. The SMILES string of the molecule is CC(C)CCNS(=O)(=O)CCc1ccc(S(=O)(=O)N(C)C)cc1. The van der Waals surface area contributed by atoms with Crippen LogP contribution < -0.4 is 4.72 Å². The predicted molar refractivity (Wildman–Crippen MR) is 92.3 cm³/mol. The molecule has 0 aliphatic carbocycles. The van der Waals surface area contributed by atoms with E-state index in [4.69, 9.17) is 0 Å². The number of nitrogens with one attached hydrogen (secondary N) is 1. The zero-order chi connectivity index (χ0) is 17.7. The van der Waals surface area contributed by atoms with Gasteiger partial charge in [0.25, 0.3) is 0 Å². The van der Waals surface area contributed by atoms with Crippen molar-refractivity contribution in [2.24, 2.45) is 5.92 Å². The molecule has 0 bridgehead atoms. The van der Waals surface area contributed by atoms with E-state index in [0.717, 1.165) is 16.3 Å². The van der Waals surface area contributed by atoms with Crippen molar-refractivity contribution in [3.63, 3.8) is 0 Å². The monoisotopic (exact) mass is 362 g/mol. The summed E-state index contributed by atoms with van der Waals surface area (Å²) in [6.07, 6.45) is 1.15. The first-order valence-electron chi connectivity index (χ1n) is 7.53. The minimum absolute atomic E-state index is 0.00906. The number of rotatable bonds is 9. The van der Waals surface area contributed by atoms with Gasteiger partial charge in [0.1, 0.15) is 0 Å². The molecule has 0 fully saturated rings. The fraction of sp³-hybridized carbons (Fsp3) is 0.600. The third-order valence-electron chi connectivity index (χ3n) is 3.41. The Morgan fingerprint density at radius 3 is 2.09 bits per heavy atom. The number of benzene rings is 1. The van der Waals surface area contributed by atoms with Crippen LogP contribution in [0.1, 0.15) is 25.8 Å². The Bertz CT molecular complexity index is 693. The van der Waals surface area contributed by atoms with Gasteiger partial charge in [-0.1, -0.05) is 26.0 Å². The van der Waals surface area contributed by atoms with E-state index in [0.29, 0.717) is 18.9 Å². The summed E-state index contributed by atoms with van der Waals surface area (Å²) in [6.45, 7) is 4.52. The lowest BCUT2D eigenvalue weighted by Gasteiger charge is -2.12. The van der Waals surface area contributed by atoms with Crippen LogP contribution in [0.2, 0.25) is 0 Å². The topological polar surface area (TPSA) is 83.5 Å². The molecule has 0 amide bonds. The average Bonchev–Trinajstić information content (AvgIpc) is 2.45. The maximum absolute atomic E-state index is 12.0. The molecule has 1 rings (SSSR count). The van der Waals surface area contributed by atoms with Gasteiger partial charge in [0.15, 0.2) is 0 Å². The van der Waals surface area contributed by atoms with Gasteiger partial charge >= 0.3 is 0 Å². The standard InChI is InChI=1S/C15H26N2O4S2/c1-13(2)9-11-16-22(18,19)12-10-14-5-7-15(8-6-14)23(20,21)17(3)4/h5-8,13,16H,9-12H2,1-4H3. The zero-order valence-electron chi connectivity index (χ0n) is 14.1. The maximum Gasteiger partial charge on any atom is 0.242 e. The lowest BCUT2D eigenvalue weighted by Crippen LogP contribution is -2.28. The van der Waals surface area contributed by atoms with Crippen LogP contribution in [0.5, 0.6) is 0 Å². The van der Waals surface area contributed by atoms with Crippen LogP contribution >= 0.6 is 0 Å². The fourth-order valence-electron chi connectivity index (χ4n) is 1.87. The summed E-state index contributed by atoms with van der Waals surface area (Å²) in [5, 5.41) is 0. The normalized spacial score (nSPS) is 13.0. The lowest BCUT2D eigenvalue weighted by atomic mass is 10.1. The highest BCUT2D eigenvalue weighted by Gasteiger charge is 2.17. The Labute approximate surface area is 140 Å². The molecule has 0 atom stereocenters. The molecule has 0 spiro atoms. The van der Waals surface area contributed by atoms with Crippen LogP contribution in [0.4, 0.5) is 0 Å². The highest BCUT2D eigenvalue weighted by atomic mass is 32.2. The van der Waals surface area contributed by atoms with Gasteiger partial charge in [-0.25, -0.2) is 25.9 Å². The van der Waals surface area contributed by atoms with E-state index in [9.17, 15) is 16.8 Å². The van der Waals surface area contributed by atoms with E-state index < -0.39 is 20.0 Å². The third kappa shape index (κ3) is 6.58. The molecule has 0 aliphatic rings. The van der Waals surface area contributed by atoms with Gasteiger partial charge < -0.3 is 0 Å². The number of hydrogen-bond acceptors (Lipinski definition) is 4. The van der Waals surface area contributed by atoms with Crippen LogP contribution in [-0.2, 0) is 26.5 Å². The molecule has 0 radical (unpaired) electrons. The Kier molecular flexibility index (Phi) is 7.19. The van der Waals surface area contributed by atoms with Crippen LogP contribution in [0.25, 0.3) is 0 Å². The first-order chi connectivity index (χ1) is 10.5. The van der Waals surface area contributed by atoms with Crippen LogP contribution in [0.3, 0.4) is 0 Å². The fourth-order valence-corrected chi connectivity index (χ4v) is 3.85. The van der Waals surface area contributed by atoms with Gasteiger partial charge in [-0.05, 0) is 36.5 Å². The van der Waals surface area contributed by atoms with Gasteiger partial charge in [0, 0.05) is 20.6 Å². The highest BCUT2D eigenvalue weighted by molar-refractivity contribution is 7.89. The molecular weight excluding hydrogens is 336 g/mol. The summed E-state index contributed by atoms with van der Waals surface area (Å²) < 4.78 is 51.4. The van der Waals surface area contributed by atoms with Crippen molar-refractivity contribution in [2.75, 3.05) is 26.4 Å². The summed E-state index contributed by atoms with van der Waals surface area (Å²) in [5.74, 6) is 0.439. The Balaban J connectivity index is 2.63. The van der Waals surface area contributed by atoms with E-state index >= 15 is 0 Å². The number of nitrogens with zero attached hydrogens (tertiary/aromatic N) is 1. The summed E-state index contributed by atoms with van der Waals surface area (Å²) in [5.41, 5.74) is 0.789. The number of hydrogen-bond donors (Lipinski definition) is 1. The Hall–Kier alpha value is -0.960. The van der Waals surface area contributed by atoms with Gasteiger partial charge in [0.05, 0.1) is 10.6 Å².